The van der Waals surface area contributed by atoms with Crippen molar-refractivity contribution >= 4 is 40.8 Å². The third kappa shape index (κ3) is 7.26. The average Bonchev–Trinajstić information content (AvgIpc) is 3.07. The number of hydrogen-bond acceptors (Lipinski definition) is 7. The summed E-state index contributed by atoms with van der Waals surface area (Å²) in [6.07, 6.45) is 0.000425. The molecule has 0 saturated heterocycles. The van der Waals surface area contributed by atoms with Gasteiger partial charge in [-0.2, -0.15) is 0 Å². The fraction of sp³-hybridized carbons (Fsp3) is 0.389. The van der Waals surface area contributed by atoms with E-state index in [1.54, 1.807) is 17.5 Å². The van der Waals surface area contributed by atoms with Crippen LogP contribution in [0.5, 0.6) is 0 Å². The van der Waals surface area contributed by atoms with Crippen molar-refractivity contribution in [3.8, 4) is 0 Å². The van der Waals surface area contributed by atoms with E-state index in [0.29, 0.717) is 22.9 Å². The van der Waals surface area contributed by atoms with E-state index in [1.165, 1.54) is 25.4 Å². The third-order valence-electron chi connectivity index (χ3n) is 3.72. The molecule has 7 nitrogen and oxygen atoms in total. The van der Waals surface area contributed by atoms with Crippen molar-refractivity contribution < 1.29 is 19.4 Å². The zero-order valence-electron chi connectivity index (χ0n) is 15.4. The summed E-state index contributed by atoms with van der Waals surface area (Å²) in [7, 11) is 1.36. The number of carbonyl (C=O) groups excluding carboxylic acids is 2. The number of carbonyl (C=O) groups is 2. The number of ether oxygens (including phenoxy) is 1. The Morgan fingerprint density at radius 1 is 1.30 bits per heavy atom. The second-order valence-corrected chi connectivity index (χ2v) is 6.83. The minimum Gasteiger partial charge on any atom is -0.465 e. The summed E-state index contributed by atoms with van der Waals surface area (Å²) >= 11 is 1.28. The second-order valence-electron chi connectivity index (χ2n) is 5.98. The van der Waals surface area contributed by atoms with E-state index in [0.717, 1.165) is 12.0 Å². The van der Waals surface area contributed by atoms with Crippen LogP contribution in [0.1, 0.15) is 41.6 Å². The van der Waals surface area contributed by atoms with Gasteiger partial charge in [-0.05, 0) is 31.0 Å². The molecule has 0 spiro atoms. The van der Waals surface area contributed by atoms with Gasteiger partial charge in [0.05, 0.1) is 18.4 Å². The summed E-state index contributed by atoms with van der Waals surface area (Å²) in [5.74, 6) is -0.543. The predicted molar refractivity (Wildman–Crippen MR) is 108 cm³/mol. The molecule has 2 aromatic rings. The summed E-state index contributed by atoms with van der Waals surface area (Å²) < 4.78 is 4.68. The van der Waals surface area contributed by atoms with Crippen LogP contribution in [0.15, 0.2) is 29.6 Å². The fourth-order valence-corrected chi connectivity index (χ4v) is 3.19. The predicted octanol–water partition coefficient (Wildman–Crippen LogP) is 2.56. The average molecular weight is 414 g/mol. The van der Waals surface area contributed by atoms with Gasteiger partial charge < -0.3 is 20.5 Å². The van der Waals surface area contributed by atoms with Gasteiger partial charge in [0, 0.05) is 24.9 Å². The Kier molecular flexibility index (Phi) is 9.37. The molecule has 2 rings (SSSR count). The molecule has 2 unspecified atom stereocenters. The quantitative estimate of drug-likeness (QED) is 0.575. The van der Waals surface area contributed by atoms with Gasteiger partial charge in [-0.25, -0.2) is 9.78 Å². The van der Waals surface area contributed by atoms with Crippen LogP contribution in [0.3, 0.4) is 0 Å². The molecule has 0 aliphatic carbocycles. The Labute approximate surface area is 168 Å². The number of aliphatic hydroxyl groups excluding tert-OH is 1. The largest absolute Gasteiger partial charge is 0.465 e. The number of anilines is 1. The molecule has 0 bridgehead atoms. The molecular formula is C18H24ClN3O4S. The number of nitrogens with zero attached hydrogens (tertiary/aromatic N) is 1. The van der Waals surface area contributed by atoms with Crippen molar-refractivity contribution in [2.24, 2.45) is 0 Å². The van der Waals surface area contributed by atoms with Gasteiger partial charge in [-0.15, -0.1) is 23.7 Å². The van der Waals surface area contributed by atoms with E-state index >= 15 is 0 Å². The molecule has 2 atom stereocenters. The Morgan fingerprint density at radius 3 is 2.56 bits per heavy atom. The van der Waals surface area contributed by atoms with Gasteiger partial charge in [-0.3, -0.25) is 4.79 Å². The van der Waals surface area contributed by atoms with Crippen LogP contribution in [0.4, 0.5) is 5.13 Å². The number of esters is 1. The topological polar surface area (TPSA) is 101 Å². The standard InChI is InChI=1S/C18H23N3O4S.ClH/c1-11(8-13-4-6-14(7-5-13)17(24)25-3)19-9-16(23)15-10-26-18(21-15)20-12(2)22;/h4-7,10-11,16,19,23H,8-9H2,1-3H3,(H,20,21,22);1H. The van der Waals surface area contributed by atoms with Crippen molar-refractivity contribution in [1.82, 2.24) is 10.3 Å². The molecule has 0 saturated carbocycles. The van der Waals surface area contributed by atoms with E-state index in [9.17, 15) is 14.7 Å². The molecular weight excluding hydrogens is 390 g/mol. The molecule has 0 fully saturated rings. The normalized spacial score (nSPS) is 12.6. The second kappa shape index (κ2) is 11.0. The lowest BCUT2D eigenvalue weighted by atomic mass is 10.0. The van der Waals surface area contributed by atoms with Crippen molar-refractivity contribution in [2.75, 3.05) is 19.0 Å². The van der Waals surface area contributed by atoms with Crippen LogP contribution >= 0.6 is 23.7 Å². The van der Waals surface area contributed by atoms with Crippen molar-refractivity contribution in [2.45, 2.75) is 32.4 Å². The smallest absolute Gasteiger partial charge is 0.337 e. The number of nitrogens with one attached hydrogen (secondary N) is 2. The number of methoxy groups -OCH3 is 1. The molecule has 0 radical (unpaired) electrons. The number of halogens is 1. The highest BCUT2D eigenvalue weighted by Gasteiger charge is 2.14. The first-order chi connectivity index (χ1) is 12.4. The lowest BCUT2D eigenvalue weighted by Gasteiger charge is -2.16. The first-order valence-corrected chi connectivity index (χ1v) is 9.08. The zero-order chi connectivity index (χ0) is 19.1. The van der Waals surface area contributed by atoms with Gasteiger partial charge >= 0.3 is 5.97 Å². The van der Waals surface area contributed by atoms with Crippen molar-refractivity contribution in [1.29, 1.82) is 0 Å². The maximum absolute atomic E-state index is 11.4. The minimum absolute atomic E-state index is 0. The number of hydrogen-bond donors (Lipinski definition) is 3. The number of amides is 1. The van der Waals surface area contributed by atoms with Crippen LogP contribution in [-0.4, -0.2) is 41.7 Å². The fourth-order valence-electron chi connectivity index (χ4n) is 2.39. The summed E-state index contributed by atoms with van der Waals surface area (Å²) in [5, 5.41) is 18.3. The number of thiazole rings is 1. The summed E-state index contributed by atoms with van der Waals surface area (Å²) in [4.78, 5) is 26.6. The minimum atomic E-state index is -0.752. The highest BCUT2D eigenvalue weighted by Crippen LogP contribution is 2.20. The molecule has 9 heteroatoms. The number of benzene rings is 1. The van der Waals surface area contributed by atoms with E-state index < -0.39 is 6.10 Å². The Balaban J connectivity index is 0.00000364. The number of rotatable bonds is 8. The van der Waals surface area contributed by atoms with Crippen LogP contribution in [0.25, 0.3) is 0 Å². The Hall–Kier alpha value is -2.00. The summed E-state index contributed by atoms with van der Waals surface area (Å²) in [6, 6.07) is 7.38. The van der Waals surface area contributed by atoms with Gasteiger partial charge in [-0.1, -0.05) is 12.1 Å². The molecule has 0 aliphatic rings. The van der Waals surface area contributed by atoms with E-state index in [4.69, 9.17) is 0 Å². The van der Waals surface area contributed by atoms with Gasteiger partial charge in [0.25, 0.3) is 0 Å². The lowest BCUT2D eigenvalue weighted by Crippen LogP contribution is -2.32. The van der Waals surface area contributed by atoms with Crippen LogP contribution < -0.4 is 10.6 Å². The maximum Gasteiger partial charge on any atom is 0.337 e. The zero-order valence-corrected chi connectivity index (χ0v) is 17.0. The van der Waals surface area contributed by atoms with E-state index in [2.05, 4.69) is 20.4 Å². The molecule has 0 aliphatic heterocycles. The van der Waals surface area contributed by atoms with Crippen molar-refractivity contribution in [3.63, 3.8) is 0 Å². The lowest BCUT2D eigenvalue weighted by molar-refractivity contribution is -0.114. The van der Waals surface area contributed by atoms with Gasteiger partial charge in [0.2, 0.25) is 5.91 Å². The Morgan fingerprint density at radius 2 is 1.96 bits per heavy atom. The monoisotopic (exact) mass is 413 g/mol. The highest BCUT2D eigenvalue weighted by molar-refractivity contribution is 7.13. The van der Waals surface area contributed by atoms with E-state index in [-0.39, 0.29) is 30.3 Å². The molecule has 1 aromatic heterocycles. The molecule has 27 heavy (non-hydrogen) atoms. The van der Waals surface area contributed by atoms with Crippen LogP contribution in [-0.2, 0) is 16.0 Å². The SMILES string of the molecule is COC(=O)c1ccc(CC(C)NCC(O)c2csc(NC(C)=O)n2)cc1.Cl. The maximum atomic E-state index is 11.4. The number of aliphatic hydroxyl groups is 1. The molecule has 1 aromatic carbocycles. The molecule has 3 N–H and O–H groups in total. The van der Waals surface area contributed by atoms with Crippen LogP contribution in [0, 0.1) is 0 Å². The first kappa shape index (κ1) is 23.0. The summed E-state index contributed by atoms with van der Waals surface area (Å²) in [6.45, 7) is 3.79. The molecule has 1 heterocycles. The number of aromatic nitrogens is 1. The van der Waals surface area contributed by atoms with E-state index in [1.807, 2.05) is 19.1 Å². The van der Waals surface area contributed by atoms with Crippen LogP contribution in [0.2, 0.25) is 0 Å². The van der Waals surface area contributed by atoms with Gasteiger partial charge in [0.1, 0.15) is 6.10 Å². The first-order valence-electron chi connectivity index (χ1n) is 8.20. The highest BCUT2D eigenvalue weighted by atomic mass is 35.5. The Bertz CT molecular complexity index is 751. The third-order valence-corrected chi connectivity index (χ3v) is 4.50. The van der Waals surface area contributed by atoms with Crippen molar-refractivity contribution in [3.05, 3.63) is 46.5 Å². The summed E-state index contributed by atoms with van der Waals surface area (Å²) in [5.41, 5.74) is 2.13. The molecule has 148 valence electrons. The molecule has 1 amide bonds. The van der Waals surface area contributed by atoms with Gasteiger partial charge in [0.15, 0.2) is 5.13 Å².